The molecular weight excluding hydrogens is 460 g/mol. The van der Waals surface area contributed by atoms with Crippen molar-refractivity contribution in [1.82, 2.24) is 9.80 Å². The minimum Gasteiger partial charge on any atom is -0.507 e. The normalized spacial score (nSPS) is 20.2. The Morgan fingerprint density at radius 2 is 1.78 bits per heavy atom. The number of methoxy groups -OCH3 is 1. The number of Topliss-reactive ketones (excluding diaryl/α,β-unsaturated/α-hetero) is 1. The van der Waals surface area contributed by atoms with Crippen LogP contribution < -0.4 is 9.47 Å². The molecule has 2 aromatic rings. The average Bonchev–Trinajstić information content (AvgIpc) is 3.14. The number of morpholine rings is 1. The van der Waals surface area contributed by atoms with Crippen LogP contribution in [0, 0.1) is 0 Å². The van der Waals surface area contributed by atoms with E-state index in [2.05, 4.69) is 4.90 Å². The fourth-order valence-corrected chi connectivity index (χ4v) is 4.68. The molecule has 1 amide bonds. The molecule has 0 aromatic heterocycles. The van der Waals surface area contributed by atoms with Crippen LogP contribution in [0.3, 0.4) is 0 Å². The van der Waals surface area contributed by atoms with Gasteiger partial charge in [-0.2, -0.15) is 0 Å². The predicted molar refractivity (Wildman–Crippen MR) is 136 cm³/mol. The topological polar surface area (TPSA) is 88.5 Å². The number of ether oxygens (including phenoxy) is 3. The Morgan fingerprint density at radius 3 is 2.44 bits per heavy atom. The zero-order valence-corrected chi connectivity index (χ0v) is 21.1. The lowest BCUT2D eigenvalue weighted by Crippen LogP contribution is -2.38. The van der Waals surface area contributed by atoms with Gasteiger partial charge in [-0.15, -0.1) is 0 Å². The summed E-state index contributed by atoms with van der Waals surface area (Å²) in [5, 5.41) is 11.3. The molecule has 2 fully saturated rings. The number of aliphatic hydroxyl groups is 1. The molecule has 0 aliphatic carbocycles. The van der Waals surface area contributed by atoms with Crippen molar-refractivity contribution < 1.29 is 28.9 Å². The lowest BCUT2D eigenvalue weighted by molar-refractivity contribution is -0.140. The summed E-state index contributed by atoms with van der Waals surface area (Å²) in [5.41, 5.74) is 1.24. The molecule has 4 rings (SSSR count). The maximum atomic E-state index is 13.3. The number of nitrogens with zero attached hydrogens (tertiary/aromatic N) is 2. The minimum atomic E-state index is -0.712. The van der Waals surface area contributed by atoms with Gasteiger partial charge < -0.3 is 24.2 Å². The molecule has 2 heterocycles. The molecule has 0 spiro atoms. The first-order chi connectivity index (χ1) is 17.4. The van der Waals surface area contributed by atoms with E-state index < -0.39 is 17.7 Å². The number of carbonyl (C=O) groups excluding carboxylic acids is 2. The van der Waals surface area contributed by atoms with Crippen LogP contribution in [0.1, 0.15) is 37.4 Å². The third-order valence-electron chi connectivity index (χ3n) is 6.43. The molecule has 1 atom stereocenters. The smallest absolute Gasteiger partial charge is 0.295 e. The largest absolute Gasteiger partial charge is 0.507 e. The van der Waals surface area contributed by atoms with Crippen molar-refractivity contribution in [2.45, 2.75) is 32.4 Å². The van der Waals surface area contributed by atoms with Gasteiger partial charge >= 0.3 is 0 Å². The summed E-state index contributed by atoms with van der Waals surface area (Å²) in [4.78, 5) is 30.3. The van der Waals surface area contributed by atoms with E-state index >= 15 is 0 Å². The summed E-state index contributed by atoms with van der Waals surface area (Å²) in [6.45, 7) is 8.18. The van der Waals surface area contributed by atoms with E-state index in [0.717, 1.165) is 19.6 Å². The number of benzene rings is 2. The van der Waals surface area contributed by atoms with Gasteiger partial charge in [0.2, 0.25) is 0 Å². The van der Waals surface area contributed by atoms with Crippen LogP contribution in [0.4, 0.5) is 0 Å². The summed E-state index contributed by atoms with van der Waals surface area (Å²) in [6, 6.07) is 13.4. The van der Waals surface area contributed by atoms with Crippen molar-refractivity contribution in [3.63, 3.8) is 0 Å². The Hall–Kier alpha value is -3.36. The molecular formula is C28H34N2O6. The van der Waals surface area contributed by atoms with Crippen LogP contribution in [0.25, 0.3) is 5.76 Å². The summed E-state index contributed by atoms with van der Waals surface area (Å²) in [5.74, 6) is -0.218. The lowest BCUT2D eigenvalue weighted by Gasteiger charge is -2.29. The average molecular weight is 495 g/mol. The van der Waals surface area contributed by atoms with Crippen molar-refractivity contribution in [2.75, 3.05) is 46.5 Å². The molecule has 8 heteroatoms. The monoisotopic (exact) mass is 494 g/mol. The van der Waals surface area contributed by atoms with Crippen LogP contribution in [0.15, 0.2) is 54.1 Å². The molecule has 2 aliphatic rings. The first kappa shape index (κ1) is 25.7. The Kier molecular flexibility index (Phi) is 8.28. The van der Waals surface area contributed by atoms with E-state index in [0.29, 0.717) is 48.8 Å². The lowest BCUT2D eigenvalue weighted by atomic mass is 9.95. The minimum absolute atomic E-state index is 0.0142. The van der Waals surface area contributed by atoms with Gasteiger partial charge in [-0.05, 0) is 62.2 Å². The number of hydrogen-bond donors (Lipinski definition) is 1. The third-order valence-corrected chi connectivity index (χ3v) is 6.43. The summed E-state index contributed by atoms with van der Waals surface area (Å²) in [7, 11) is 1.57. The number of rotatable bonds is 9. The molecule has 0 saturated carbocycles. The second-order valence-corrected chi connectivity index (χ2v) is 9.27. The number of hydrogen-bond acceptors (Lipinski definition) is 7. The molecule has 1 unspecified atom stereocenters. The predicted octanol–water partition coefficient (Wildman–Crippen LogP) is 3.63. The molecule has 8 nitrogen and oxygen atoms in total. The van der Waals surface area contributed by atoms with E-state index in [1.165, 1.54) is 0 Å². The standard InChI is InChI=1S/C28H34N2O6/c1-19(2)36-22-10-8-20(9-11-22)26(31)24-25(21-6-4-7-23(18-21)34-3)30(28(33)27(24)32)13-5-12-29-14-16-35-17-15-29/h4,6-11,18-19,25,31H,5,12-17H2,1-3H3/b26-24-. The fraction of sp³-hybridized carbons (Fsp3) is 0.429. The van der Waals surface area contributed by atoms with E-state index in [4.69, 9.17) is 14.2 Å². The molecule has 36 heavy (non-hydrogen) atoms. The van der Waals surface area contributed by atoms with Gasteiger partial charge in [0.05, 0.1) is 38.0 Å². The third kappa shape index (κ3) is 5.71. The molecule has 0 bridgehead atoms. The zero-order valence-electron chi connectivity index (χ0n) is 21.1. The fourth-order valence-electron chi connectivity index (χ4n) is 4.68. The summed E-state index contributed by atoms with van der Waals surface area (Å²) >= 11 is 0. The Labute approximate surface area is 212 Å². The molecule has 2 aliphatic heterocycles. The number of amides is 1. The molecule has 0 radical (unpaired) electrons. The van der Waals surface area contributed by atoms with Crippen molar-refractivity contribution in [3.05, 3.63) is 65.2 Å². The van der Waals surface area contributed by atoms with E-state index in [1.807, 2.05) is 32.0 Å². The van der Waals surface area contributed by atoms with Crippen molar-refractivity contribution in [2.24, 2.45) is 0 Å². The maximum absolute atomic E-state index is 13.3. The van der Waals surface area contributed by atoms with Gasteiger partial charge in [0.15, 0.2) is 0 Å². The second kappa shape index (κ2) is 11.6. The van der Waals surface area contributed by atoms with Crippen molar-refractivity contribution in [1.29, 1.82) is 0 Å². The number of carbonyl (C=O) groups is 2. The van der Waals surface area contributed by atoms with Gasteiger partial charge in [0.1, 0.15) is 17.3 Å². The molecule has 2 saturated heterocycles. The van der Waals surface area contributed by atoms with E-state index in [-0.39, 0.29) is 17.4 Å². The SMILES string of the molecule is COc1cccc(C2/C(=C(/O)c3ccc(OC(C)C)cc3)C(=O)C(=O)N2CCCN2CCOCC2)c1. The van der Waals surface area contributed by atoms with Crippen LogP contribution in [-0.4, -0.2) is 79.2 Å². The van der Waals surface area contributed by atoms with Crippen LogP contribution in [0.5, 0.6) is 11.5 Å². The van der Waals surface area contributed by atoms with Gasteiger partial charge in [-0.3, -0.25) is 14.5 Å². The summed E-state index contributed by atoms with van der Waals surface area (Å²) in [6.07, 6.45) is 0.717. The molecule has 2 aromatic carbocycles. The van der Waals surface area contributed by atoms with Crippen molar-refractivity contribution in [3.8, 4) is 11.5 Å². The Balaban J connectivity index is 1.66. The van der Waals surface area contributed by atoms with Crippen LogP contribution >= 0.6 is 0 Å². The van der Waals surface area contributed by atoms with Gasteiger partial charge in [0, 0.05) is 31.7 Å². The number of ketones is 1. The van der Waals surface area contributed by atoms with Crippen molar-refractivity contribution >= 4 is 17.4 Å². The summed E-state index contributed by atoms with van der Waals surface area (Å²) < 4.78 is 16.5. The molecule has 192 valence electrons. The quantitative estimate of drug-likeness (QED) is 0.324. The highest BCUT2D eigenvalue weighted by atomic mass is 16.5. The first-order valence-corrected chi connectivity index (χ1v) is 12.4. The zero-order chi connectivity index (χ0) is 25.7. The van der Waals surface area contributed by atoms with Crippen LogP contribution in [0.2, 0.25) is 0 Å². The number of likely N-dealkylation sites (tertiary alicyclic amines) is 1. The molecule has 1 N–H and O–H groups in total. The van der Waals surface area contributed by atoms with Gasteiger partial charge in [-0.1, -0.05) is 12.1 Å². The Morgan fingerprint density at radius 1 is 1.06 bits per heavy atom. The maximum Gasteiger partial charge on any atom is 0.295 e. The van der Waals surface area contributed by atoms with Crippen LogP contribution in [-0.2, 0) is 14.3 Å². The Bertz CT molecular complexity index is 1110. The van der Waals surface area contributed by atoms with E-state index in [1.54, 1.807) is 42.3 Å². The van der Waals surface area contributed by atoms with Gasteiger partial charge in [0.25, 0.3) is 11.7 Å². The second-order valence-electron chi connectivity index (χ2n) is 9.27. The highest BCUT2D eigenvalue weighted by Gasteiger charge is 2.46. The number of aliphatic hydroxyl groups excluding tert-OH is 1. The van der Waals surface area contributed by atoms with E-state index in [9.17, 15) is 14.7 Å². The highest BCUT2D eigenvalue weighted by molar-refractivity contribution is 6.46. The van der Waals surface area contributed by atoms with Gasteiger partial charge in [-0.25, -0.2) is 0 Å². The first-order valence-electron chi connectivity index (χ1n) is 12.4. The highest BCUT2D eigenvalue weighted by Crippen LogP contribution is 2.40.